The maximum Gasteiger partial charge on any atom is 0.458 e. The molecule has 0 spiro atoms. The molecule has 0 aromatic carbocycles. The summed E-state index contributed by atoms with van der Waals surface area (Å²) in [7, 11) is -2.67. The van der Waals surface area contributed by atoms with E-state index in [0.29, 0.717) is 18.1 Å². The average Bonchev–Trinajstić information content (AvgIpc) is 2.24. The van der Waals surface area contributed by atoms with Crippen molar-refractivity contribution in [3.63, 3.8) is 0 Å². The van der Waals surface area contributed by atoms with E-state index in [1.54, 1.807) is 20.8 Å². The molecule has 0 amide bonds. The third-order valence-electron chi connectivity index (χ3n) is 2.94. The molecule has 17 heavy (non-hydrogen) atoms. The van der Waals surface area contributed by atoms with Gasteiger partial charge in [-0.15, -0.1) is 0 Å². The van der Waals surface area contributed by atoms with Gasteiger partial charge in [-0.25, -0.2) is 0 Å². The molecule has 0 saturated heterocycles. The molecular weight excluding hydrogens is 261 g/mol. The second-order valence-corrected chi connectivity index (χ2v) is 8.57. The molecule has 0 radical (unpaired) electrons. The Bertz CT molecular complexity index is 277. The Hall–Kier alpha value is -0.663. The van der Waals surface area contributed by atoms with Crippen LogP contribution in [0, 0.1) is 0 Å². The van der Waals surface area contributed by atoms with Crippen molar-refractivity contribution in [1.29, 1.82) is 0 Å². The molecule has 102 valence electrons. The third kappa shape index (κ3) is 3.40. The van der Waals surface area contributed by atoms with Crippen molar-refractivity contribution in [2.24, 2.45) is 4.66 Å². The van der Waals surface area contributed by atoms with Gasteiger partial charge >= 0.3 is 12.1 Å². The predicted octanol–water partition coefficient (Wildman–Crippen LogP) is 2.95. The van der Waals surface area contributed by atoms with Gasteiger partial charge in [-0.2, -0.15) is 22.0 Å². The SMILES string of the molecule is CC[Si](CC)(CC)N=C([O-])C(F)(F)C(F)(F)F. The Kier molecular flexibility index (Phi) is 5.11. The first kappa shape index (κ1) is 16.3. The van der Waals surface area contributed by atoms with Crippen molar-refractivity contribution in [3.8, 4) is 0 Å². The van der Waals surface area contributed by atoms with E-state index in [0.717, 1.165) is 0 Å². The van der Waals surface area contributed by atoms with Gasteiger partial charge in [0, 0.05) is 5.90 Å². The molecule has 0 aliphatic heterocycles. The zero-order chi connectivity index (χ0) is 13.9. The van der Waals surface area contributed by atoms with E-state index < -0.39 is 26.2 Å². The Balaban J connectivity index is 5.35. The maximum atomic E-state index is 12.7. The Morgan fingerprint density at radius 3 is 1.59 bits per heavy atom. The van der Waals surface area contributed by atoms with E-state index in [2.05, 4.69) is 4.66 Å². The van der Waals surface area contributed by atoms with Gasteiger partial charge < -0.3 is 9.76 Å². The first-order valence-electron chi connectivity index (χ1n) is 5.28. The molecule has 0 aliphatic rings. The molecule has 2 nitrogen and oxygen atoms in total. The second-order valence-electron chi connectivity index (χ2n) is 3.77. The van der Waals surface area contributed by atoms with Crippen LogP contribution in [0.1, 0.15) is 20.8 Å². The van der Waals surface area contributed by atoms with Crippen LogP contribution in [0.25, 0.3) is 0 Å². The summed E-state index contributed by atoms with van der Waals surface area (Å²) in [5.41, 5.74) is 0. The number of alkyl halides is 5. The van der Waals surface area contributed by atoms with E-state index in [9.17, 15) is 27.1 Å². The number of halogens is 5. The Labute approximate surface area is 97.6 Å². The normalized spacial score (nSPS) is 15.2. The van der Waals surface area contributed by atoms with Crippen molar-refractivity contribution >= 4 is 14.1 Å². The molecule has 0 N–H and O–H groups in total. The molecule has 0 atom stereocenters. The molecule has 0 aromatic heterocycles. The fraction of sp³-hybridized carbons (Fsp3) is 0.889. The highest BCUT2D eigenvalue weighted by atomic mass is 28.3. The first-order chi connectivity index (χ1) is 7.56. The standard InChI is InChI=1S/C9H16F5NOSi/c1-4-17(5-2,6-3)15-7(16)8(10,11)9(12,13)14/h4-6H2,1-3H3,(H,15,16)/p-1. The summed E-state index contributed by atoms with van der Waals surface area (Å²) in [5.74, 6) is -7.72. The van der Waals surface area contributed by atoms with E-state index >= 15 is 0 Å². The van der Waals surface area contributed by atoms with Gasteiger partial charge in [0.25, 0.3) is 0 Å². The quantitative estimate of drug-likeness (QED) is 0.329. The van der Waals surface area contributed by atoms with Gasteiger partial charge in [0.1, 0.15) is 0 Å². The lowest BCUT2D eigenvalue weighted by Crippen LogP contribution is -2.52. The van der Waals surface area contributed by atoms with Crippen molar-refractivity contribution in [2.75, 3.05) is 0 Å². The molecule has 0 bridgehead atoms. The minimum atomic E-state index is -5.87. The highest BCUT2D eigenvalue weighted by Crippen LogP contribution is 2.36. The zero-order valence-electron chi connectivity index (χ0n) is 9.87. The van der Waals surface area contributed by atoms with Gasteiger partial charge in [-0.05, 0) is 18.1 Å². The fourth-order valence-corrected chi connectivity index (χ4v) is 3.94. The summed E-state index contributed by atoms with van der Waals surface area (Å²) in [6, 6.07) is 1.12. The van der Waals surface area contributed by atoms with Crippen molar-refractivity contribution < 1.29 is 27.1 Å². The molecule has 0 unspecified atom stereocenters. The molecule has 8 heteroatoms. The van der Waals surface area contributed by atoms with Crippen LogP contribution < -0.4 is 5.11 Å². The molecule has 0 aromatic rings. The monoisotopic (exact) mass is 276 g/mol. The van der Waals surface area contributed by atoms with Crippen LogP contribution in [0.2, 0.25) is 18.1 Å². The summed E-state index contributed by atoms with van der Waals surface area (Å²) >= 11 is 0. The maximum absolute atomic E-state index is 12.7. The van der Waals surface area contributed by atoms with Gasteiger partial charge in [0.05, 0.1) is 0 Å². The fourth-order valence-electron chi connectivity index (χ4n) is 1.39. The Morgan fingerprint density at radius 2 is 1.35 bits per heavy atom. The summed E-state index contributed by atoms with van der Waals surface area (Å²) in [6.45, 7) is 4.96. The summed E-state index contributed by atoms with van der Waals surface area (Å²) in [4.78, 5) is 0. The summed E-state index contributed by atoms with van der Waals surface area (Å²) < 4.78 is 64.5. The highest BCUT2D eigenvalue weighted by Gasteiger charge is 2.58. The number of rotatable bonds is 5. The third-order valence-corrected chi connectivity index (χ3v) is 7.56. The lowest BCUT2D eigenvalue weighted by molar-refractivity contribution is -0.306. The van der Waals surface area contributed by atoms with Crippen molar-refractivity contribution in [2.45, 2.75) is 51.0 Å². The largest absolute Gasteiger partial charge is 0.858 e. The molecule has 0 fully saturated rings. The van der Waals surface area contributed by atoms with E-state index in [-0.39, 0.29) is 0 Å². The molecular formula is C9H15F5NOSi-. The van der Waals surface area contributed by atoms with Crippen LogP contribution in [-0.4, -0.2) is 26.2 Å². The summed E-state index contributed by atoms with van der Waals surface area (Å²) in [6.07, 6.45) is -5.87. The lowest BCUT2D eigenvalue weighted by Gasteiger charge is -2.31. The first-order valence-corrected chi connectivity index (χ1v) is 7.85. The van der Waals surface area contributed by atoms with Crippen LogP contribution in [0.15, 0.2) is 4.66 Å². The van der Waals surface area contributed by atoms with E-state index in [1.807, 2.05) is 0 Å². The van der Waals surface area contributed by atoms with Gasteiger partial charge in [0.15, 0.2) is 8.24 Å². The van der Waals surface area contributed by atoms with Crippen molar-refractivity contribution in [1.82, 2.24) is 0 Å². The minimum Gasteiger partial charge on any atom is -0.858 e. The molecule has 0 aliphatic carbocycles. The van der Waals surface area contributed by atoms with Gasteiger partial charge in [-0.3, -0.25) is 0 Å². The highest BCUT2D eigenvalue weighted by molar-refractivity contribution is 6.78. The summed E-state index contributed by atoms with van der Waals surface area (Å²) in [5, 5.41) is 11.0. The lowest BCUT2D eigenvalue weighted by atomic mass is 10.3. The number of hydrogen-bond donors (Lipinski definition) is 0. The average molecular weight is 276 g/mol. The zero-order valence-corrected chi connectivity index (χ0v) is 10.9. The smallest absolute Gasteiger partial charge is 0.458 e. The molecule has 0 heterocycles. The van der Waals surface area contributed by atoms with Crippen LogP contribution in [0.5, 0.6) is 0 Å². The van der Waals surface area contributed by atoms with Crippen LogP contribution in [0.4, 0.5) is 22.0 Å². The topological polar surface area (TPSA) is 35.4 Å². The van der Waals surface area contributed by atoms with Crippen LogP contribution in [-0.2, 0) is 0 Å². The Morgan fingerprint density at radius 1 is 1.00 bits per heavy atom. The van der Waals surface area contributed by atoms with Crippen molar-refractivity contribution in [3.05, 3.63) is 0 Å². The van der Waals surface area contributed by atoms with Gasteiger partial charge in [0.2, 0.25) is 0 Å². The van der Waals surface area contributed by atoms with E-state index in [1.165, 1.54) is 0 Å². The second kappa shape index (κ2) is 5.32. The number of nitrogens with zero attached hydrogens (tertiary/aromatic N) is 1. The van der Waals surface area contributed by atoms with Crippen LogP contribution >= 0.6 is 0 Å². The van der Waals surface area contributed by atoms with Gasteiger partial charge in [-0.1, -0.05) is 20.8 Å². The number of hydrogen-bond acceptors (Lipinski definition) is 2. The molecule has 0 rings (SSSR count). The van der Waals surface area contributed by atoms with Crippen LogP contribution in [0.3, 0.4) is 0 Å². The molecule has 0 saturated carbocycles. The predicted molar refractivity (Wildman–Crippen MR) is 55.6 cm³/mol. The minimum absolute atomic E-state index is 0.375. The van der Waals surface area contributed by atoms with E-state index in [4.69, 9.17) is 0 Å².